The second-order valence-electron chi connectivity index (χ2n) is 37.8. The van der Waals surface area contributed by atoms with Gasteiger partial charge in [0.25, 0.3) is 0 Å². The molecule has 0 N–H and O–H groups in total. The molecule has 10 heteroatoms. The molecule has 29 aromatic rings. The van der Waals surface area contributed by atoms with Gasteiger partial charge >= 0.3 is 0 Å². The summed E-state index contributed by atoms with van der Waals surface area (Å²) in [5.74, 6) is 1.96. The second-order valence-corrected chi connectivity index (χ2v) is 37.8. The van der Waals surface area contributed by atoms with Crippen molar-refractivity contribution in [3.8, 4) is 107 Å². The van der Waals surface area contributed by atoms with E-state index in [1.807, 2.05) is 36.4 Å². The lowest BCUT2D eigenvalue weighted by molar-refractivity contribution is 0.661. The Morgan fingerprint density at radius 3 is 1.01 bits per heavy atom. The molecular weight excluding hydrogens is 1740 g/mol. The quantitative estimate of drug-likeness (QED) is 0.134. The molecule has 22 aromatic carbocycles. The van der Waals surface area contributed by atoms with Gasteiger partial charge in [-0.1, -0.05) is 420 Å². The van der Waals surface area contributed by atoms with Crippen molar-refractivity contribution in [3.05, 3.63) is 490 Å². The van der Waals surface area contributed by atoms with Crippen molar-refractivity contribution in [3.63, 3.8) is 0 Å². The summed E-state index contributed by atoms with van der Waals surface area (Å²) in [6.07, 6.45) is 0. The molecule has 0 saturated carbocycles. The monoisotopic (exact) mass is 1820 g/mol. The summed E-state index contributed by atoms with van der Waals surface area (Å²) < 4.78 is 13.3. The molecule has 0 amide bonds. The average Bonchev–Trinajstić information content (AvgIpc) is 1.56. The number of fused-ring (bicyclic) bond motifs is 26. The normalized spacial score (nSPS) is 12.3. The van der Waals surface area contributed by atoms with E-state index in [0.717, 1.165) is 133 Å². The lowest BCUT2D eigenvalue weighted by Crippen LogP contribution is -2.15. The van der Waals surface area contributed by atoms with Crippen molar-refractivity contribution in [2.45, 2.75) is 19.3 Å². The van der Waals surface area contributed by atoms with E-state index in [0.29, 0.717) is 17.8 Å². The van der Waals surface area contributed by atoms with Crippen LogP contribution in [0.2, 0.25) is 0 Å². The molecule has 1 aliphatic carbocycles. The van der Waals surface area contributed by atoms with Gasteiger partial charge in [0.15, 0.2) is 0 Å². The molecule has 0 aliphatic heterocycles. The summed E-state index contributed by atoms with van der Waals surface area (Å²) in [6, 6.07) is 170. The third-order valence-corrected chi connectivity index (χ3v) is 29.4. The first-order valence-corrected chi connectivity index (χ1v) is 48.8. The molecular formula is C133H85N9O. The average molecular weight is 1830 g/mol. The highest BCUT2D eigenvalue weighted by Gasteiger charge is 2.38. The van der Waals surface area contributed by atoms with Gasteiger partial charge in [0.1, 0.15) is 11.2 Å². The van der Waals surface area contributed by atoms with Gasteiger partial charge in [-0.3, -0.25) is 13.7 Å². The highest BCUT2D eigenvalue weighted by atomic mass is 16.3. The van der Waals surface area contributed by atoms with E-state index < -0.39 is 0 Å². The Balaban J connectivity index is 0.000000105. The van der Waals surface area contributed by atoms with Crippen LogP contribution in [0, 0.1) is 0 Å². The zero-order valence-electron chi connectivity index (χ0n) is 78.0. The zero-order chi connectivity index (χ0) is 94.5. The van der Waals surface area contributed by atoms with E-state index in [2.05, 4.69) is 470 Å². The highest BCUT2D eigenvalue weighted by Crippen LogP contribution is 2.55. The van der Waals surface area contributed by atoms with Crippen LogP contribution in [0.15, 0.2) is 484 Å². The van der Waals surface area contributed by atoms with Crippen LogP contribution in [0.4, 0.5) is 0 Å². The lowest BCUT2D eigenvalue weighted by atomic mass is 9.80. The maximum absolute atomic E-state index is 6.50. The third-order valence-electron chi connectivity index (χ3n) is 29.4. The van der Waals surface area contributed by atoms with Crippen LogP contribution >= 0.6 is 0 Å². The van der Waals surface area contributed by atoms with Gasteiger partial charge in [-0.2, -0.15) is 0 Å². The molecule has 0 atom stereocenters. The maximum Gasteiger partial charge on any atom is 0.235 e. The molecule has 0 fully saturated rings. The molecule has 7 aromatic heterocycles. The van der Waals surface area contributed by atoms with Crippen LogP contribution in [0.25, 0.3) is 270 Å². The molecule has 0 radical (unpaired) electrons. The predicted octanol–water partition coefficient (Wildman–Crippen LogP) is 34.7. The number of hydrogen-bond acceptors (Lipinski definition) is 7. The van der Waals surface area contributed by atoms with Gasteiger partial charge < -0.3 is 4.42 Å². The van der Waals surface area contributed by atoms with Gasteiger partial charge in [0, 0.05) is 81.4 Å². The first kappa shape index (κ1) is 82.4. The van der Waals surface area contributed by atoms with Crippen LogP contribution in [-0.4, -0.2) is 43.6 Å². The largest absolute Gasteiger partial charge is 0.455 e. The van der Waals surface area contributed by atoms with Crippen molar-refractivity contribution in [1.29, 1.82) is 0 Å². The van der Waals surface area contributed by atoms with E-state index in [1.165, 1.54) is 131 Å². The molecule has 1 aliphatic rings. The summed E-state index contributed by atoms with van der Waals surface area (Å²) in [5.41, 5.74) is 31.5. The summed E-state index contributed by atoms with van der Waals surface area (Å²) in [5, 5.41) is 22.3. The lowest BCUT2D eigenvalue weighted by Gasteiger charge is -2.23. The Kier molecular flexibility index (Phi) is 19.1. The molecule has 7 heterocycles. The molecule has 0 unspecified atom stereocenters. The number of hydrogen-bond donors (Lipinski definition) is 0. The first-order chi connectivity index (χ1) is 70.7. The highest BCUT2D eigenvalue weighted by molar-refractivity contribution is 6.25. The third kappa shape index (κ3) is 13.5. The van der Waals surface area contributed by atoms with Gasteiger partial charge in [-0.25, -0.2) is 29.9 Å². The summed E-state index contributed by atoms with van der Waals surface area (Å²) in [6.45, 7) is 4.73. The minimum absolute atomic E-state index is 0.116. The predicted molar refractivity (Wildman–Crippen MR) is 595 cm³/mol. The fraction of sp³-hybridized carbons (Fsp3) is 0.0226. The number of nitrogens with zero attached hydrogens (tertiary/aromatic N) is 9. The molecule has 10 nitrogen and oxygen atoms in total. The van der Waals surface area contributed by atoms with E-state index in [-0.39, 0.29) is 5.41 Å². The minimum Gasteiger partial charge on any atom is -0.455 e. The molecule has 0 spiro atoms. The van der Waals surface area contributed by atoms with Crippen LogP contribution < -0.4 is 0 Å². The van der Waals surface area contributed by atoms with Crippen molar-refractivity contribution in [1.82, 2.24) is 43.6 Å². The smallest absolute Gasteiger partial charge is 0.235 e. The van der Waals surface area contributed by atoms with Gasteiger partial charge in [-0.05, 0) is 183 Å². The number of aromatic nitrogens is 9. The number of para-hydroxylation sites is 5. The van der Waals surface area contributed by atoms with Crippen LogP contribution in [0.3, 0.4) is 0 Å². The number of benzene rings is 22. The van der Waals surface area contributed by atoms with Crippen molar-refractivity contribution >= 4 is 163 Å². The Labute approximate surface area is 822 Å². The topological polar surface area (TPSA) is 105 Å². The minimum atomic E-state index is -0.116. The van der Waals surface area contributed by atoms with Crippen LogP contribution in [0.5, 0.6) is 0 Å². The fourth-order valence-electron chi connectivity index (χ4n) is 22.7. The summed E-state index contributed by atoms with van der Waals surface area (Å²) in [7, 11) is 0. The maximum atomic E-state index is 6.50. The molecule has 668 valence electrons. The van der Waals surface area contributed by atoms with E-state index in [1.54, 1.807) is 0 Å². The van der Waals surface area contributed by atoms with E-state index >= 15 is 0 Å². The summed E-state index contributed by atoms with van der Waals surface area (Å²) in [4.78, 5) is 31.8. The van der Waals surface area contributed by atoms with Crippen LogP contribution in [0.1, 0.15) is 25.0 Å². The van der Waals surface area contributed by atoms with E-state index in [9.17, 15) is 0 Å². The number of rotatable bonds is 10. The Hall–Kier alpha value is -18.9. The zero-order valence-corrected chi connectivity index (χ0v) is 78.0. The van der Waals surface area contributed by atoms with Crippen molar-refractivity contribution < 1.29 is 4.42 Å². The Bertz CT molecular complexity index is 10300. The Morgan fingerprint density at radius 2 is 0.531 bits per heavy atom. The standard InChI is InChI=1S/C49H33N3.C42H25N3O.C42H27N3/c1-49(2)40-22-12-10-20-36(40)45-35-19-9-8-18-34(35)39(29-41(45)49)32-24-26-38-44(28-32)52(43-27-25-30-14-6-7-17-33(30)46(38)43)48-50-42-23-13-11-21-37(42)47(51-48)31-15-4-3-5-16-31;1-2-11-26(12-3-1)28-21-23-33-37(25-28)45(36-24-22-27-13-4-5-14-29(27)39(33)36)42-43-35-19-8-6-16-32(35)40(44-42)34-18-10-17-31-30-15-7-9-20-38(30)46-41(31)34;1-3-11-28(12-4-1)29-19-21-30(22-20-29)33-23-25-36-39(27-33)45(38-26-24-31-13-7-8-16-34(31)40(36)38)42-43-37-18-10-9-17-35(37)41(44-42)32-14-5-2-6-15-32/h3-29H,1-2H3;1-25H;1-27H. The number of furan rings is 1. The second kappa shape index (κ2) is 33.2. The molecule has 0 bridgehead atoms. The van der Waals surface area contributed by atoms with Crippen molar-refractivity contribution in [2.24, 2.45) is 0 Å². The summed E-state index contributed by atoms with van der Waals surface area (Å²) >= 11 is 0. The molecule has 0 saturated heterocycles. The Morgan fingerprint density at radius 1 is 0.196 bits per heavy atom. The van der Waals surface area contributed by atoms with Gasteiger partial charge in [0.05, 0.1) is 66.7 Å². The molecule has 30 rings (SSSR count). The van der Waals surface area contributed by atoms with Gasteiger partial charge in [0.2, 0.25) is 17.8 Å². The first-order valence-electron chi connectivity index (χ1n) is 48.8. The SMILES string of the molecule is CC1(C)c2ccccc2-c2c1cc(-c1ccc3c4c5ccccc5ccc4n(-c4nc(-c5ccccc5)c5ccccc5n4)c3c1)c1ccccc21.c1ccc(-c2ccc(-c3ccc4c5c6ccccc6ccc5n(-c5nc(-c6ccccc6)c6ccccc6n5)c4c3)cc2)cc1.c1ccc(-c2ccc3c4c5ccccc5ccc4n(-c4nc(-c5cccc6c5oc5ccccc56)c5ccccc5n4)c3c2)cc1. The van der Waals surface area contributed by atoms with Crippen LogP contribution in [-0.2, 0) is 5.41 Å². The fourth-order valence-corrected chi connectivity index (χ4v) is 22.7. The van der Waals surface area contributed by atoms with Gasteiger partial charge in [-0.15, -0.1) is 0 Å². The molecule has 143 heavy (non-hydrogen) atoms. The van der Waals surface area contributed by atoms with Crippen molar-refractivity contribution in [2.75, 3.05) is 0 Å². The van der Waals surface area contributed by atoms with E-state index in [4.69, 9.17) is 34.3 Å².